The summed E-state index contributed by atoms with van der Waals surface area (Å²) in [5, 5.41) is 3.20. The van der Waals surface area contributed by atoms with Crippen LogP contribution in [-0.2, 0) is 9.53 Å². The first kappa shape index (κ1) is 7.80. The van der Waals surface area contributed by atoms with E-state index in [0.29, 0.717) is 5.41 Å². The second-order valence-electron chi connectivity index (χ2n) is 4.86. The van der Waals surface area contributed by atoms with Crippen LogP contribution in [0, 0.1) is 17.3 Å². The number of ether oxygens (including phenoxy) is 1. The maximum absolute atomic E-state index is 11.4. The summed E-state index contributed by atoms with van der Waals surface area (Å²) < 4.78 is 4.79. The van der Waals surface area contributed by atoms with Gasteiger partial charge in [-0.3, -0.25) is 4.79 Å². The lowest BCUT2D eigenvalue weighted by Crippen LogP contribution is -2.65. The summed E-state index contributed by atoms with van der Waals surface area (Å²) in [7, 11) is 1.48. The van der Waals surface area contributed by atoms with Gasteiger partial charge in [-0.1, -0.05) is 0 Å². The maximum atomic E-state index is 11.4. The fraction of sp³-hybridized carbons (Fsp3) is 0.900. The van der Waals surface area contributed by atoms with E-state index < -0.39 is 0 Å². The van der Waals surface area contributed by atoms with Crippen LogP contribution >= 0.6 is 0 Å². The molecule has 1 N–H and O–H groups in total. The molecule has 2 saturated carbocycles. The molecule has 3 rings (SSSR count). The Balaban J connectivity index is 1.74. The standard InChI is InChI=1S/C10H15NO2/c1-13-9(12)8-10(5-11-8)3-6-2-7(6)4-10/h6-8,11H,2-5H2,1H3/t6-,7+,8-,10?/m1/s1. The van der Waals surface area contributed by atoms with E-state index in [0.717, 1.165) is 18.4 Å². The van der Waals surface area contributed by atoms with E-state index in [9.17, 15) is 4.79 Å². The fourth-order valence-electron chi connectivity index (χ4n) is 3.26. The monoisotopic (exact) mass is 181 g/mol. The van der Waals surface area contributed by atoms with Crippen LogP contribution < -0.4 is 5.32 Å². The third-order valence-electron chi connectivity index (χ3n) is 4.11. The van der Waals surface area contributed by atoms with Crippen molar-refractivity contribution in [2.75, 3.05) is 13.7 Å². The van der Waals surface area contributed by atoms with E-state index in [1.165, 1.54) is 26.4 Å². The first-order valence-electron chi connectivity index (χ1n) is 5.06. The maximum Gasteiger partial charge on any atom is 0.323 e. The summed E-state index contributed by atoms with van der Waals surface area (Å²) in [6, 6.07) is 0.00491. The molecule has 0 radical (unpaired) electrons. The van der Waals surface area contributed by atoms with Crippen molar-refractivity contribution < 1.29 is 9.53 Å². The Bertz CT molecular complexity index is 254. The average Bonchev–Trinajstić information content (AvgIpc) is 2.72. The molecule has 72 valence electrons. The SMILES string of the molecule is COC(=O)[C@H]1NCC12C[C@H]1C[C@H]1C2. The number of fused-ring (bicyclic) bond motifs is 1. The van der Waals surface area contributed by atoms with Crippen molar-refractivity contribution in [2.24, 2.45) is 17.3 Å². The van der Waals surface area contributed by atoms with Gasteiger partial charge in [-0.25, -0.2) is 0 Å². The van der Waals surface area contributed by atoms with Crippen molar-refractivity contribution >= 4 is 5.97 Å². The summed E-state index contributed by atoms with van der Waals surface area (Å²) in [4.78, 5) is 11.4. The highest BCUT2D eigenvalue weighted by Crippen LogP contribution is 2.62. The Morgan fingerprint density at radius 3 is 2.62 bits per heavy atom. The summed E-state index contributed by atoms with van der Waals surface area (Å²) in [6.45, 7) is 1.03. The van der Waals surface area contributed by atoms with Gasteiger partial charge in [0.25, 0.3) is 0 Å². The number of nitrogens with one attached hydrogen (secondary N) is 1. The molecule has 1 unspecified atom stereocenters. The van der Waals surface area contributed by atoms with E-state index in [1.54, 1.807) is 0 Å². The van der Waals surface area contributed by atoms with E-state index >= 15 is 0 Å². The number of esters is 1. The zero-order valence-electron chi connectivity index (χ0n) is 7.88. The van der Waals surface area contributed by atoms with Crippen LogP contribution in [0.5, 0.6) is 0 Å². The molecule has 1 heterocycles. The Morgan fingerprint density at radius 2 is 2.15 bits per heavy atom. The molecule has 4 atom stereocenters. The first-order valence-corrected chi connectivity index (χ1v) is 5.06. The lowest BCUT2D eigenvalue weighted by atomic mass is 9.70. The molecule has 0 amide bonds. The molecule has 0 aromatic rings. The van der Waals surface area contributed by atoms with Crippen LogP contribution in [0.1, 0.15) is 19.3 Å². The zero-order chi connectivity index (χ0) is 9.05. The van der Waals surface area contributed by atoms with Crippen LogP contribution in [0.25, 0.3) is 0 Å². The van der Waals surface area contributed by atoms with Crippen LogP contribution in [0.2, 0.25) is 0 Å². The Kier molecular flexibility index (Phi) is 1.36. The van der Waals surface area contributed by atoms with Crippen molar-refractivity contribution in [3.8, 4) is 0 Å². The number of carbonyl (C=O) groups excluding carboxylic acids is 1. The molecule has 2 aliphatic carbocycles. The van der Waals surface area contributed by atoms with Crippen molar-refractivity contribution in [1.82, 2.24) is 5.32 Å². The topological polar surface area (TPSA) is 38.3 Å². The highest BCUT2D eigenvalue weighted by Gasteiger charge is 2.62. The average molecular weight is 181 g/mol. The van der Waals surface area contributed by atoms with Gasteiger partial charge in [0.15, 0.2) is 0 Å². The number of rotatable bonds is 1. The molecule has 3 heteroatoms. The number of carbonyl (C=O) groups is 1. The smallest absolute Gasteiger partial charge is 0.323 e. The normalized spacial score (nSPS) is 51.3. The van der Waals surface area contributed by atoms with Crippen LogP contribution in [0.15, 0.2) is 0 Å². The summed E-state index contributed by atoms with van der Waals surface area (Å²) in [5.41, 5.74) is 0.292. The first-order chi connectivity index (χ1) is 6.25. The molecule has 3 fully saturated rings. The highest BCUT2D eigenvalue weighted by atomic mass is 16.5. The molecule has 0 aromatic carbocycles. The lowest BCUT2D eigenvalue weighted by Gasteiger charge is -2.47. The molecule has 1 aliphatic heterocycles. The summed E-state index contributed by atoms with van der Waals surface area (Å²) in [6.07, 6.45) is 3.92. The van der Waals surface area contributed by atoms with Gasteiger partial charge in [0.05, 0.1) is 7.11 Å². The van der Waals surface area contributed by atoms with E-state index in [-0.39, 0.29) is 12.0 Å². The van der Waals surface area contributed by atoms with Crippen LogP contribution in [0.4, 0.5) is 0 Å². The molecule has 1 spiro atoms. The Labute approximate surface area is 77.8 Å². The largest absolute Gasteiger partial charge is 0.468 e. The second kappa shape index (κ2) is 2.27. The third-order valence-corrected chi connectivity index (χ3v) is 4.11. The Hall–Kier alpha value is -0.570. The summed E-state index contributed by atoms with van der Waals surface area (Å²) in [5.74, 6) is 1.82. The number of methoxy groups -OCH3 is 1. The molecule has 3 nitrogen and oxygen atoms in total. The molecule has 1 saturated heterocycles. The zero-order valence-corrected chi connectivity index (χ0v) is 7.88. The highest BCUT2D eigenvalue weighted by molar-refractivity contribution is 5.78. The van der Waals surface area contributed by atoms with Gasteiger partial charge >= 0.3 is 5.97 Å². The van der Waals surface area contributed by atoms with E-state index in [1.807, 2.05) is 0 Å². The lowest BCUT2D eigenvalue weighted by molar-refractivity contribution is -0.152. The predicted octanol–water partition coefficient (Wildman–Crippen LogP) is 0.547. The summed E-state index contributed by atoms with van der Waals surface area (Å²) >= 11 is 0. The van der Waals surface area contributed by atoms with Gasteiger partial charge in [-0.2, -0.15) is 0 Å². The fourth-order valence-corrected chi connectivity index (χ4v) is 3.26. The molecule has 0 bridgehead atoms. The minimum atomic E-state index is -0.0625. The van der Waals surface area contributed by atoms with Gasteiger partial charge in [0.2, 0.25) is 0 Å². The third kappa shape index (κ3) is 0.909. The number of hydrogen-bond donors (Lipinski definition) is 1. The van der Waals surface area contributed by atoms with Gasteiger partial charge < -0.3 is 10.1 Å². The van der Waals surface area contributed by atoms with Gasteiger partial charge in [0.1, 0.15) is 6.04 Å². The Morgan fingerprint density at radius 1 is 1.46 bits per heavy atom. The van der Waals surface area contributed by atoms with Crippen molar-refractivity contribution in [2.45, 2.75) is 25.3 Å². The van der Waals surface area contributed by atoms with Crippen molar-refractivity contribution in [3.63, 3.8) is 0 Å². The molecular formula is C10H15NO2. The second-order valence-corrected chi connectivity index (χ2v) is 4.86. The molecule has 0 aromatic heterocycles. The molecular weight excluding hydrogens is 166 g/mol. The molecule has 3 aliphatic rings. The van der Waals surface area contributed by atoms with Crippen molar-refractivity contribution in [1.29, 1.82) is 0 Å². The predicted molar refractivity (Wildman–Crippen MR) is 47.1 cm³/mol. The van der Waals surface area contributed by atoms with Gasteiger partial charge in [0, 0.05) is 12.0 Å². The van der Waals surface area contributed by atoms with Gasteiger partial charge in [-0.05, 0) is 31.1 Å². The number of hydrogen-bond acceptors (Lipinski definition) is 3. The van der Waals surface area contributed by atoms with Crippen LogP contribution in [0.3, 0.4) is 0 Å². The van der Waals surface area contributed by atoms with Crippen LogP contribution in [-0.4, -0.2) is 25.7 Å². The molecule has 13 heavy (non-hydrogen) atoms. The van der Waals surface area contributed by atoms with Gasteiger partial charge in [-0.15, -0.1) is 0 Å². The van der Waals surface area contributed by atoms with Crippen molar-refractivity contribution in [3.05, 3.63) is 0 Å². The van der Waals surface area contributed by atoms with E-state index in [2.05, 4.69) is 5.32 Å². The minimum Gasteiger partial charge on any atom is -0.468 e. The quantitative estimate of drug-likeness (QED) is 0.600. The minimum absolute atomic E-state index is 0.00491. The van der Waals surface area contributed by atoms with E-state index in [4.69, 9.17) is 4.74 Å².